The van der Waals surface area contributed by atoms with E-state index in [0.29, 0.717) is 32.1 Å². The van der Waals surface area contributed by atoms with Crippen molar-refractivity contribution in [3.8, 4) is 5.75 Å². The molecule has 2 N–H and O–H groups in total. The Balaban J connectivity index is 2.87. The van der Waals surface area contributed by atoms with E-state index in [0.717, 1.165) is 36.8 Å². The fraction of sp³-hybridized carbons (Fsp3) is 0.550. The highest BCUT2D eigenvalue weighted by Crippen LogP contribution is 2.26. The van der Waals surface area contributed by atoms with Gasteiger partial charge in [0.2, 0.25) is 0 Å². The summed E-state index contributed by atoms with van der Waals surface area (Å²) in [6.07, 6.45) is 23.4. The highest BCUT2D eigenvalue weighted by atomic mass is 16.5. The van der Waals surface area contributed by atoms with Crippen molar-refractivity contribution in [1.82, 2.24) is 5.32 Å². The molecule has 0 unspecified atom stereocenters. The Labute approximate surface area is 293 Å². The Hall–Kier alpha value is -4.14. The summed E-state index contributed by atoms with van der Waals surface area (Å²) >= 11 is 0. The standard InChI is InChI=1S/C40H59NO8/c1-8-10-12-13-14-15-17-22-36(43)48-34(30(4)20-16-11-9-2)26-24-29(3)23-25-32(6)38(44)37-33(42)28-35(49-39(37)45)31(5)21-18-19-27-41-40(46)47-7/h9,11,19-20,23,25,27-28,31,34,42H,8,10,12-18,21-22,24,26H2,1-7H3,(H,41,46)/b11-9+,27-19+,29-23+,30-20-,32-25+/t31-,34-/m1/s1. The minimum absolute atomic E-state index is 0.177. The Kier molecular flexibility index (Phi) is 21.8. The van der Waals surface area contributed by atoms with Gasteiger partial charge in [-0.25, -0.2) is 9.59 Å². The van der Waals surface area contributed by atoms with E-state index in [-0.39, 0.29) is 29.3 Å². The molecule has 0 fully saturated rings. The van der Waals surface area contributed by atoms with Crippen LogP contribution in [0.3, 0.4) is 0 Å². The third-order valence-corrected chi connectivity index (χ3v) is 8.29. The van der Waals surface area contributed by atoms with Crippen molar-refractivity contribution in [3.63, 3.8) is 0 Å². The summed E-state index contributed by atoms with van der Waals surface area (Å²) in [6, 6.07) is 1.31. The molecule has 1 aromatic rings. The van der Waals surface area contributed by atoms with Gasteiger partial charge < -0.3 is 19.0 Å². The fourth-order valence-electron chi connectivity index (χ4n) is 5.04. The number of esters is 1. The SMILES string of the molecule is C/C=C/C/C=C(/C)[C@@H](CC/C(C)=C/C=C(\C)C(=O)c1c(O)cc([C@H](C)CC/C=C/NC(=O)OC)oc1=O)OC(=O)CCCCCCCCC. The number of hydrogen-bond acceptors (Lipinski definition) is 8. The molecule has 9 heteroatoms. The lowest BCUT2D eigenvalue weighted by Gasteiger charge is -2.19. The van der Waals surface area contributed by atoms with E-state index in [1.54, 1.807) is 25.2 Å². The van der Waals surface area contributed by atoms with E-state index in [1.165, 1.54) is 45.1 Å². The molecule has 0 aromatic carbocycles. The number of carbonyl (C=O) groups excluding carboxylic acids is 3. The number of carbonyl (C=O) groups is 3. The molecule has 2 atom stereocenters. The molecule has 0 aliphatic rings. The molecule has 1 aromatic heterocycles. The van der Waals surface area contributed by atoms with Crippen LogP contribution in [0.1, 0.15) is 147 Å². The van der Waals surface area contributed by atoms with Gasteiger partial charge >= 0.3 is 17.7 Å². The summed E-state index contributed by atoms with van der Waals surface area (Å²) < 4.78 is 15.8. The van der Waals surface area contributed by atoms with E-state index in [1.807, 2.05) is 33.8 Å². The first-order chi connectivity index (χ1) is 23.4. The van der Waals surface area contributed by atoms with Crippen molar-refractivity contribution in [2.24, 2.45) is 0 Å². The zero-order valence-electron chi connectivity index (χ0n) is 30.8. The first-order valence-electron chi connectivity index (χ1n) is 17.7. The molecule has 0 saturated carbocycles. The van der Waals surface area contributed by atoms with Crippen LogP contribution in [0.4, 0.5) is 4.79 Å². The zero-order valence-corrected chi connectivity index (χ0v) is 30.8. The van der Waals surface area contributed by atoms with E-state index in [9.17, 15) is 24.3 Å². The fourth-order valence-corrected chi connectivity index (χ4v) is 5.04. The van der Waals surface area contributed by atoms with E-state index in [2.05, 4.69) is 29.1 Å². The highest BCUT2D eigenvalue weighted by Gasteiger charge is 2.22. The lowest BCUT2D eigenvalue weighted by molar-refractivity contribution is -0.147. The number of alkyl carbamates (subject to hydrolysis) is 1. The number of unbranched alkanes of at least 4 members (excludes halogenated alkanes) is 6. The molecule has 0 aliphatic heterocycles. The average molecular weight is 682 g/mol. The molecule has 272 valence electrons. The van der Waals surface area contributed by atoms with Crippen LogP contribution in [-0.2, 0) is 14.3 Å². The van der Waals surface area contributed by atoms with Crippen LogP contribution in [0.5, 0.6) is 5.75 Å². The first kappa shape index (κ1) is 42.9. The molecule has 0 spiro atoms. The second kappa shape index (κ2) is 24.9. The number of rotatable bonds is 23. The molecule has 0 bridgehead atoms. The molecule has 1 rings (SSSR count). The van der Waals surface area contributed by atoms with Gasteiger partial charge in [-0.1, -0.05) is 94.4 Å². The predicted octanol–water partition coefficient (Wildman–Crippen LogP) is 9.92. The van der Waals surface area contributed by atoms with Crippen molar-refractivity contribution >= 4 is 17.8 Å². The summed E-state index contributed by atoms with van der Waals surface area (Å²) in [5, 5.41) is 13.1. The molecule has 1 heterocycles. The van der Waals surface area contributed by atoms with Crippen LogP contribution >= 0.6 is 0 Å². The Morgan fingerprint density at radius 3 is 2.33 bits per heavy atom. The second-order valence-corrected chi connectivity index (χ2v) is 12.5. The van der Waals surface area contributed by atoms with Gasteiger partial charge in [-0.05, 0) is 77.4 Å². The molecule has 9 nitrogen and oxygen atoms in total. The summed E-state index contributed by atoms with van der Waals surface area (Å²) in [4.78, 5) is 49.7. The normalized spacial score (nSPS) is 13.9. The zero-order chi connectivity index (χ0) is 36.6. The van der Waals surface area contributed by atoms with Crippen LogP contribution in [0.25, 0.3) is 0 Å². The van der Waals surface area contributed by atoms with Gasteiger partial charge in [-0.2, -0.15) is 0 Å². The Bertz CT molecular complexity index is 1400. The summed E-state index contributed by atoms with van der Waals surface area (Å²) in [5.41, 5.74) is 0.939. The van der Waals surface area contributed by atoms with Crippen molar-refractivity contribution in [2.75, 3.05) is 7.11 Å². The molecule has 0 saturated heterocycles. The number of hydrogen-bond donors (Lipinski definition) is 2. The van der Waals surface area contributed by atoms with Crippen LogP contribution < -0.4 is 10.9 Å². The van der Waals surface area contributed by atoms with Gasteiger partial charge in [-0.3, -0.25) is 14.9 Å². The molecular weight excluding hydrogens is 622 g/mol. The number of aromatic hydroxyl groups is 1. The van der Waals surface area contributed by atoms with Crippen LogP contribution in [-0.4, -0.2) is 36.2 Å². The monoisotopic (exact) mass is 681 g/mol. The number of Topliss-reactive ketones (excluding diaryl/α,β-unsaturated/α-hetero) is 1. The highest BCUT2D eigenvalue weighted by molar-refractivity contribution is 6.09. The van der Waals surface area contributed by atoms with Gasteiger partial charge in [0, 0.05) is 24.6 Å². The summed E-state index contributed by atoms with van der Waals surface area (Å²) in [5.74, 6) is -1.19. The maximum atomic E-state index is 13.1. The largest absolute Gasteiger partial charge is 0.507 e. The minimum atomic E-state index is -0.899. The van der Waals surface area contributed by atoms with Gasteiger partial charge in [0.05, 0.1) is 7.11 Å². The maximum Gasteiger partial charge on any atom is 0.410 e. The first-order valence-corrected chi connectivity index (χ1v) is 17.7. The summed E-state index contributed by atoms with van der Waals surface area (Å²) in [7, 11) is 1.27. The molecule has 0 aliphatic carbocycles. The van der Waals surface area contributed by atoms with Crippen LogP contribution in [0.15, 0.2) is 74.7 Å². The molecule has 0 radical (unpaired) electrons. The number of ketones is 1. The third kappa shape index (κ3) is 17.7. The van der Waals surface area contributed by atoms with Crippen molar-refractivity contribution in [2.45, 2.75) is 137 Å². The number of nitrogens with one attached hydrogen (secondary N) is 1. The maximum absolute atomic E-state index is 13.1. The quantitative estimate of drug-likeness (QED) is 0.0291. The average Bonchev–Trinajstić information content (AvgIpc) is 3.07. The van der Waals surface area contributed by atoms with Gasteiger partial charge in [0.1, 0.15) is 23.2 Å². The van der Waals surface area contributed by atoms with Gasteiger partial charge in [0.25, 0.3) is 0 Å². The van der Waals surface area contributed by atoms with Crippen LogP contribution in [0, 0.1) is 0 Å². The number of methoxy groups -OCH3 is 1. The smallest absolute Gasteiger partial charge is 0.410 e. The topological polar surface area (TPSA) is 132 Å². The predicted molar refractivity (Wildman–Crippen MR) is 196 cm³/mol. The summed E-state index contributed by atoms with van der Waals surface area (Å²) in [6.45, 7) is 11.5. The van der Waals surface area contributed by atoms with E-state index < -0.39 is 28.8 Å². The second-order valence-electron chi connectivity index (χ2n) is 12.5. The third-order valence-electron chi connectivity index (χ3n) is 8.29. The minimum Gasteiger partial charge on any atom is -0.507 e. The van der Waals surface area contributed by atoms with Crippen molar-refractivity contribution in [1.29, 1.82) is 0 Å². The van der Waals surface area contributed by atoms with Crippen molar-refractivity contribution < 1.29 is 33.4 Å². The van der Waals surface area contributed by atoms with Gasteiger partial charge in [-0.15, -0.1) is 0 Å². The molecule has 49 heavy (non-hydrogen) atoms. The molecular formula is C40H59NO8. The lowest BCUT2D eigenvalue weighted by Crippen LogP contribution is -2.19. The lowest BCUT2D eigenvalue weighted by atomic mass is 9.99. The Morgan fingerprint density at radius 1 is 0.980 bits per heavy atom. The number of allylic oxidation sites excluding steroid dienone is 8. The van der Waals surface area contributed by atoms with E-state index >= 15 is 0 Å². The van der Waals surface area contributed by atoms with Gasteiger partial charge in [0.15, 0.2) is 5.78 Å². The van der Waals surface area contributed by atoms with Crippen LogP contribution in [0.2, 0.25) is 0 Å². The Morgan fingerprint density at radius 2 is 1.67 bits per heavy atom. The number of amides is 1. The van der Waals surface area contributed by atoms with E-state index in [4.69, 9.17) is 9.15 Å². The molecule has 1 amide bonds. The van der Waals surface area contributed by atoms with Crippen molar-refractivity contribution in [3.05, 3.63) is 87.2 Å². The number of ether oxygens (including phenoxy) is 2.